The summed E-state index contributed by atoms with van der Waals surface area (Å²) in [7, 11) is -3.20. The van der Waals surface area contributed by atoms with Crippen LogP contribution < -0.4 is 5.32 Å². The van der Waals surface area contributed by atoms with Gasteiger partial charge in [0.25, 0.3) is 5.91 Å². The molecule has 0 aliphatic carbocycles. The van der Waals surface area contributed by atoms with Gasteiger partial charge in [-0.15, -0.1) is 0 Å². The molecule has 1 heterocycles. The zero-order chi connectivity index (χ0) is 20.9. The van der Waals surface area contributed by atoms with Gasteiger partial charge in [-0.05, 0) is 43.4 Å². The molecule has 0 unspecified atom stereocenters. The Balaban J connectivity index is 1.78. The molecule has 0 radical (unpaired) electrons. The molecule has 0 atom stereocenters. The van der Waals surface area contributed by atoms with Gasteiger partial charge < -0.3 is 5.32 Å². The van der Waals surface area contributed by atoms with Gasteiger partial charge in [0, 0.05) is 30.6 Å². The molecule has 1 saturated heterocycles. The summed E-state index contributed by atoms with van der Waals surface area (Å²) in [5, 5.41) is 3.12. The third kappa shape index (κ3) is 4.87. The standard InChI is InChI=1S/C23H30N2O3S/c1-3-17-29(27,28)25-15-13-23(14-16-25,20-10-5-4-6-11-20)18-24-22(26)21-12-8-7-9-19(21)2/h4-12H,3,13-18H2,1-2H3,(H,24,26). The maximum absolute atomic E-state index is 12.8. The highest BCUT2D eigenvalue weighted by Gasteiger charge is 2.39. The van der Waals surface area contributed by atoms with Crippen LogP contribution in [0, 0.1) is 6.92 Å². The van der Waals surface area contributed by atoms with Crippen molar-refractivity contribution in [1.82, 2.24) is 9.62 Å². The minimum atomic E-state index is -3.20. The van der Waals surface area contributed by atoms with Gasteiger partial charge in [0.15, 0.2) is 0 Å². The SMILES string of the molecule is CCCS(=O)(=O)N1CCC(CNC(=O)c2ccccc2C)(c2ccccc2)CC1. The van der Waals surface area contributed by atoms with Crippen molar-refractivity contribution in [3.8, 4) is 0 Å². The number of hydrogen-bond acceptors (Lipinski definition) is 3. The average molecular weight is 415 g/mol. The van der Waals surface area contributed by atoms with Crippen molar-refractivity contribution in [2.45, 2.75) is 38.5 Å². The molecule has 29 heavy (non-hydrogen) atoms. The predicted octanol–water partition coefficient (Wildman–Crippen LogP) is 3.50. The first-order valence-electron chi connectivity index (χ1n) is 10.3. The van der Waals surface area contributed by atoms with Crippen LogP contribution in [-0.4, -0.2) is 44.0 Å². The van der Waals surface area contributed by atoms with E-state index in [2.05, 4.69) is 17.4 Å². The zero-order valence-electron chi connectivity index (χ0n) is 17.2. The normalized spacial score (nSPS) is 17.0. The summed E-state index contributed by atoms with van der Waals surface area (Å²) < 4.78 is 26.6. The van der Waals surface area contributed by atoms with Crippen molar-refractivity contribution < 1.29 is 13.2 Å². The fraction of sp³-hybridized carbons (Fsp3) is 0.435. The van der Waals surface area contributed by atoms with E-state index in [-0.39, 0.29) is 17.1 Å². The number of rotatable bonds is 7. The summed E-state index contributed by atoms with van der Waals surface area (Å²) in [5.41, 5.74) is 2.51. The number of benzene rings is 2. The smallest absolute Gasteiger partial charge is 0.251 e. The number of carbonyl (C=O) groups excluding carboxylic acids is 1. The molecule has 1 fully saturated rings. The van der Waals surface area contributed by atoms with Crippen LogP contribution in [0.4, 0.5) is 0 Å². The van der Waals surface area contributed by atoms with E-state index < -0.39 is 10.0 Å². The molecule has 2 aromatic carbocycles. The minimum Gasteiger partial charge on any atom is -0.351 e. The molecule has 5 nitrogen and oxygen atoms in total. The highest BCUT2D eigenvalue weighted by molar-refractivity contribution is 7.89. The van der Waals surface area contributed by atoms with Crippen molar-refractivity contribution >= 4 is 15.9 Å². The van der Waals surface area contributed by atoms with Gasteiger partial charge in [-0.2, -0.15) is 0 Å². The van der Waals surface area contributed by atoms with Crippen LogP contribution in [0.15, 0.2) is 54.6 Å². The summed E-state index contributed by atoms with van der Waals surface area (Å²) in [6.07, 6.45) is 2.00. The van der Waals surface area contributed by atoms with Crippen LogP contribution in [0.1, 0.15) is 47.7 Å². The van der Waals surface area contributed by atoms with E-state index in [1.807, 2.05) is 56.3 Å². The molecule has 1 aliphatic rings. The van der Waals surface area contributed by atoms with Crippen molar-refractivity contribution in [2.24, 2.45) is 0 Å². The Morgan fingerprint density at radius 2 is 1.66 bits per heavy atom. The Bertz CT molecular complexity index is 934. The first-order valence-corrected chi connectivity index (χ1v) is 11.9. The Labute approximate surface area is 174 Å². The number of piperidine rings is 1. The number of sulfonamides is 1. The molecule has 3 rings (SSSR count). The predicted molar refractivity (Wildman–Crippen MR) is 117 cm³/mol. The first kappa shape index (κ1) is 21.5. The van der Waals surface area contributed by atoms with Gasteiger partial charge in [0.2, 0.25) is 10.0 Å². The second kappa shape index (κ2) is 9.09. The summed E-state index contributed by atoms with van der Waals surface area (Å²) in [6, 6.07) is 17.7. The van der Waals surface area contributed by atoms with Crippen molar-refractivity contribution in [2.75, 3.05) is 25.4 Å². The maximum Gasteiger partial charge on any atom is 0.251 e. The van der Waals surface area contributed by atoms with Crippen LogP contribution in [0.5, 0.6) is 0 Å². The number of carbonyl (C=O) groups is 1. The zero-order valence-corrected chi connectivity index (χ0v) is 18.0. The van der Waals surface area contributed by atoms with Gasteiger partial charge in [0.1, 0.15) is 0 Å². The highest BCUT2D eigenvalue weighted by atomic mass is 32.2. The van der Waals surface area contributed by atoms with Crippen molar-refractivity contribution in [3.05, 3.63) is 71.3 Å². The maximum atomic E-state index is 12.8. The second-order valence-electron chi connectivity index (χ2n) is 7.86. The summed E-state index contributed by atoms with van der Waals surface area (Å²) in [5.74, 6) is 0.106. The van der Waals surface area contributed by atoms with Gasteiger partial charge in [-0.3, -0.25) is 4.79 Å². The highest BCUT2D eigenvalue weighted by Crippen LogP contribution is 2.36. The molecule has 2 aromatic rings. The van der Waals surface area contributed by atoms with Gasteiger partial charge in [-0.25, -0.2) is 12.7 Å². The largest absolute Gasteiger partial charge is 0.351 e. The summed E-state index contributed by atoms with van der Waals surface area (Å²) in [6.45, 7) is 5.27. The topological polar surface area (TPSA) is 66.5 Å². The van der Waals surface area contributed by atoms with Crippen LogP contribution in [0.25, 0.3) is 0 Å². The third-order valence-corrected chi connectivity index (χ3v) is 7.97. The van der Waals surface area contributed by atoms with E-state index in [1.165, 1.54) is 0 Å². The van der Waals surface area contributed by atoms with Gasteiger partial charge in [-0.1, -0.05) is 55.5 Å². The van der Waals surface area contributed by atoms with E-state index in [4.69, 9.17) is 0 Å². The van der Waals surface area contributed by atoms with Crippen LogP contribution in [-0.2, 0) is 15.4 Å². The number of nitrogens with one attached hydrogen (secondary N) is 1. The van der Waals surface area contributed by atoms with Crippen molar-refractivity contribution in [3.63, 3.8) is 0 Å². The molecule has 6 heteroatoms. The second-order valence-corrected chi connectivity index (χ2v) is 9.95. The molecule has 1 amide bonds. The molecular weight excluding hydrogens is 384 g/mol. The minimum absolute atomic E-state index is 0.0839. The number of aryl methyl sites for hydroxylation is 1. The van der Waals surface area contributed by atoms with Gasteiger partial charge in [0.05, 0.1) is 5.75 Å². The molecule has 0 saturated carbocycles. The van der Waals surface area contributed by atoms with Crippen LogP contribution in [0.2, 0.25) is 0 Å². The monoisotopic (exact) mass is 414 g/mol. The molecular formula is C23H30N2O3S. The lowest BCUT2D eigenvalue weighted by molar-refractivity contribution is 0.0932. The van der Waals surface area contributed by atoms with Crippen LogP contribution in [0.3, 0.4) is 0 Å². The van der Waals surface area contributed by atoms with E-state index >= 15 is 0 Å². The molecule has 156 valence electrons. The van der Waals surface area contributed by atoms with Gasteiger partial charge >= 0.3 is 0 Å². The summed E-state index contributed by atoms with van der Waals surface area (Å²) >= 11 is 0. The Hall–Kier alpha value is -2.18. The molecule has 1 N–H and O–H groups in total. The lowest BCUT2D eigenvalue weighted by Gasteiger charge is -2.42. The Kier molecular flexibility index (Phi) is 6.75. The van der Waals surface area contributed by atoms with Crippen molar-refractivity contribution in [1.29, 1.82) is 0 Å². The number of amides is 1. The molecule has 0 bridgehead atoms. The molecule has 0 spiro atoms. The van der Waals surface area contributed by atoms with E-state index in [9.17, 15) is 13.2 Å². The number of hydrogen-bond donors (Lipinski definition) is 1. The lowest BCUT2D eigenvalue weighted by Crippen LogP contribution is -2.50. The number of nitrogens with zero attached hydrogens (tertiary/aromatic N) is 1. The third-order valence-electron chi connectivity index (χ3n) is 5.90. The van der Waals surface area contributed by atoms with E-state index in [0.29, 0.717) is 44.5 Å². The fourth-order valence-corrected chi connectivity index (χ4v) is 5.62. The Morgan fingerprint density at radius 3 is 2.28 bits per heavy atom. The molecule has 1 aliphatic heterocycles. The average Bonchev–Trinajstić information content (AvgIpc) is 2.73. The van der Waals surface area contributed by atoms with Crippen LogP contribution >= 0.6 is 0 Å². The quantitative estimate of drug-likeness (QED) is 0.754. The molecule has 0 aromatic heterocycles. The van der Waals surface area contributed by atoms with E-state index in [1.54, 1.807) is 4.31 Å². The van der Waals surface area contributed by atoms with E-state index in [0.717, 1.165) is 11.1 Å². The fourth-order valence-electron chi connectivity index (χ4n) is 4.11. The lowest BCUT2D eigenvalue weighted by atomic mass is 9.73. The Morgan fingerprint density at radius 1 is 1.03 bits per heavy atom. The first-order chi connectivity index (χ1) is 13.9. The summed E-state index contributed by atoms with van der Waals surface area (Å²) in [4.78, 5) is 12.8.